The van der Waals surface area contributed by atoms with Gasteiger partial charge < -0.3 is 0 Å². The normalized spacial score (nSPS) is 45.7. The summed E-state index contributed by atoms with van der Waals surface area (Å²) in [5, 5.41) is 0. The number of ketones is 2. The summed E-state index contributed by atoms with van der Waals surface area (Å²) < 4.78 is 0. The molecule has 0 spiro atoms. The lowest BCUT2D eigenvalue weighted by atomic mass is 9.44. The number of hydrogen-bond acceptors (Lipinski definition) is 2. The van der Waals surface area contributed by atoms with Gasteiger partial charge in [-0.15, -0.1) is 0 Å². The van der Waals surface area contributed by atoms with Crippen LogP contribution in [-0.4, -0.2) is 11.6 Å². The van der Waals surface area contributed by atoms with Crippen LogP contribution < -0.4 is 0 Å². The highest BCUT2D eigenvalue weighted by Gasteiger charge is 2.61. The van der Waals surface area contributed by atoms with Gasteiger partial charge in [0.05, 0.1) is 0 Å². The summed E-state index contributed by atoms with van der Waals surface area (Å²) in [4.78, 5) is 24.4. The average Bonchev–Trinajstić information content (AvgIpc) is 3.00. The van der Waals surface area contributed by atoms with Gasteiger partial charge in [-0.05, 0) is 90.8 Å². The minimum atomic E-state index is -0.0808. The zero-order valence-electron chi connectivity index (χ0n) is 19.6. The summed E-state index contributed by atoms with van der Waals surface area (Å²) in [7, 11) is 0. The van der Waals surface area contributed by atoms with E-state index in [1.54, 1.807) is 0 Å². The van der Waals surface area contributed by atoms with Gasteiger partial charge in [0.15, 0.2) is 11.6 Å². The van der Waals surface area contributed by atoms with Crippen molar-refractivity contribution in [2.45, 2.75) is 105 Å². The van der Waals surface area contributed by atoms with Crippen molar-refractivity contribution in [1.82, 2.24) is 0 Å². The van der Waals surface area contributed by atoms with Gasteiger partial charge in [-0.3, -0.25) is 9.59 Å². The van der Waals surface area contributed by atoms with E-state index in [4.69, 9.17) is 0 Å². The van der Waals surface area contributed by atoms with Crippen LogP contribution in [0.1, 0.15) is 105 Å². The van der Waals surface area contributed by atoms with Gasteiger partial charge in [0.2, 0.25) is 0 Å². The number of Topliss-reactive ketones (excluding diaryl/α,β-unsaturated/α-hetero) is 2. The first-order chi connectivity index (χ1) is 13.7. The van der Waals surface area contributed by atoms with Crippen molar-refractivity contribution in [3.05, 3.63) is 0 Å². The maximum Gasteiger partial charge on any atom is 0.198 e. The molecule has 0 N–H and O–H groups in total. The molecule has 0 radical (unpaired) electrons. The van der Waals surface area contributed by atoms with Gasteiger partial charge in [-0.1, -0.05) is 53.9 Å². The zero-order chi connectivity index (χ0) is 21.0. The van der Waals surface area contributed by atoms with Crippen LogP contribution in [0.5, 0.6) is 0 Å². The molecule has 0 amide bonds. The largest absolute Gasteiger partial charge is 0.291 e. The number of carbonyl (C=O) groups is 2. The van der Waals surface area contributed by atoms with Crippen LogP contribution in [0.3, 0.4) is 0 Å². The molecule has 0 saturated heterocycles. The minimum Gasteiger partial charge on any atom is -0.291 e. The fraction of sp³-hybridized carbons (Fsp3) is 0.926. The number of rotatable bonds is 5. The molecule has 0 aromatic carbocycles. The van der Waals surface area contributed by atoms with Crippen LogP contribution in [0.2, 0.25) is 0 Å². The SMILES string of the molecule is CC(C)CCC[C@@H](C)[C@H]1CC[C@H]2[C@@H]3CCC4CC(=O)C(=O)C[C@]4(C)[C@H]3CC[C@]12C. The van der Waals surface area contributed by atoms with Crippen LogP contribution in [0, 0.1) is 52.3 Å². The van der Waals surface area contributed by atoms with Gasteiger partial charge in [-0.25, -0.2) is 0 Å². The summed E-state index contributed by atoms with van der Waals surface area (Å²) in [5.41, 5.74) is 0.603. The Balaban J connectivity index is 1.49. The second kappa shape index (κ2) is 7.79. The third kappa shape index (κ3) is 3.55. The molecule has 4 aliphatic rings. The molecule has 29 heavy (non-hydrogen) atoms. The van der Waals surface area contributed by atoms with Gasteiger partial charge in [0, 0.05) is 12.8 Å². The smallest absolute Gasteiger partial charge is 0.198 e. The van der Waals surface area contributed by atoms with Crippen molar-refractivity contribution in [1.29, 1.82) is 0 Å². The summed E-state index contributed by atoms with van der Waals surface area (Å²) in [6, 6.07) is 0. The van der Waals surface area contributed by atoms with Crippen LogP contribution >= 0.6 is 0 Å². The Morgan fingerprint density at radius 3 is 2.31 bits per heavy atom. The lowest BCUT2D eigenvalue weighted by molar-refractivity contribution is -0.154. The van der Waals surface area contributed by atoms with Gasteiger partial charge >= 0.3 is 0 Å². The fourth-order valence-corrected chi connectivity index (χ4v) is 8.95. The Morgan fingerprint density at radius 1 is 0.862 bits per heavy atom. The molecular weight excluding hydrogens is 356 g/mol. The van der Waals surface area contributed by atoms with Crippen molar-refractivity contribution in [3.8, 4) is 0 Å². The van der Waals surface area contributed by atoms with E-state index in [-0.39, 0.29) is 17.0 Å². The van der Waals surface area contributed by atoms with Gasteiger partial charge in [-0.2, -0.15) is 0 Å². The number of hydrogen-bond donors (Lipinski definition) is 0. The van der Waals surface area contributed by atoms with E-state index in [0.29, 0.717) is 30.1 Å². The molecule has 4 aliphatic carbocycles. The first-order valence-electron chi connectivity index (χ1n) is 12.7. The van der Waals surface area contributed by atoms with E-state index in [0.717, 1.165) is 29.6 Å². The summed E-state index contributed by atoms with van der Waals surface area (Å²) in [6.07, 6.45) is 13.2. The third-order valence-electron chi connectivity index (χ3n) is 10.6. The number of carbonyl (C=O) groups excluding carboxylic acids is 2. The second-order valence-electron chi connectivity index (χ2n) is 12.4. The Bertz CT molecular complexity index is 651. The van der Waals surface area contributed by atoms with Crippen molar-refractivity contribution in [2.75, 3.05) is 0 Å². The minimum absolute atomic E-state index is 0.0687. The Hall–Kier alpha value is -0.660. The van der Waals surface area contributed by atoms with E-state index in [2.05, 4.69) is 34.6 Å². The Morgan fingerprint density at radius 2 is 1.59 bits per heavy atom. The van der Waals surface area contributed by atoms with Gasteiger partial charge in [0.1, 0.15) is 0 Å². The highest BCUT2D eigenvalue weighted by atomic mass is 16.2. The van der Waals surface area contributed by atoms with E-state index in [9.17, 15) is 9.59 Å². The molecule has 1 unspecified atom stereocenters. The van der Waals surface area contributed by atoms with Crippen LogP contribution in [-0.2, 0) is 9.59 Å². The molecule has 0 aromatic heterocycles. The highest BCUT2D eigenvalue weighted by Crippen LogP contribution is 2.68. The van der Waals surface area contributed by atoms with Crippen molar-refractivity contribution in [3.63, 3.8) is 0 Å². The quantitative estimate of drug-likeness (QED) is 0.473. The predicted molar refractivity (Wildman–Crippen MR) is 118 cm³/mol. The lowest BCUT2D eigenvalue weighted by Crippen LogP contribution is -2.55. The molecule has 2 nitrogen and oxygen atoms in total. The molecule has 4 saturated carbocycles. The topological polar surface area (TPSA) is 34.1 Å². The molecule has 4 rings (SSSR count). The number of fused-ring (bicyclic) bond motifs is 5. The standard InChI is InChI=1S/C27H44O2/c1-17(2)7-6-8-18(3)21-11-12-22-20-10-9-19-15-24(28)25(29)16-27(19,5)23(20)13-14-26(21,22)4/h17-23H,6-16H2,1-5H3/t18-,19?,20+,21-,22+,23+,26-,27+/m1/s1. The molecule has 4 fully saturated rings. The van der Waals surface area contributed by atoms with E-state index < -0.39 is 0 Å². The van der Waals surface area contributed by atoms with Crippen molar-refractivity contribution in [2.24, 2.45) is 52.3 Å². The molecule has 0 aromatic rings. The predicted octanol–water partition coefficient (Wildman–Crippen LogP) is 6.86. The maximum atomic E-state index is 12.4. The molecule has 0 heterocycles. The fourth-order valence-electron chi connectivity index (χ4n) is 8.95. The maximum absolute atomic E-state index is 12.4. The summed E-state index contributed by atoms with van der Waals surface area (Å²) >= 11 is 0. The van der Waals surface area contributed by atoms with E-state index >= 15 is 0 Å². The first-order valence-corrected chi connectivity index (χ1v) is 12.7. The summed E-state index contributed by atoms with van der Waals surface area (Å²) in [5.74, 6) is 5.20. The summed E-state index contributed by atoms with van der Waals surface area (Å²) in [6.45, 7) is 12.2. The van der Waals surface area contributed by atoms with E-state index in [1.807, 2.05) is 0 Å². The molecular formula is C27H44O2. The van der Waals surface area contributed by atoms with Crippen LogP contribution in [0.15, 0.2) is 0 Å². The Kier molecular flexibility index (Phi) is 5.79. The second-order valence-corrected chi connectivity index (χ2v) is 12.4. The highest BCUT2D eigenvalue weighted by molar-refractivity contribution is 6.38. The molecule has 164 valence electrons. The van der Waals surface area contributed by atoms with E-state index in [1.165, 1.54) is 57.8 Å². The van der Waals surface area contributed by atoms with Crippen LogP contribution in [0.4, 0.5) is 0 Å². The van der Waals surface area contributed by atoms with Gasteiger partial charge in [0.25, 0.3) is 0 Å². The van der Waals surface area contributed by atoms with Crippen molar-refractivity contribution >= 4 is 11.6 Å². The molecule has 0 bridgehead atoms. The lowest BCUT2D eigenvalue weighted by Gasteiger charge is -2.60. The first kappa shape index (κ1) is 21.6. The zero-order valence-corrected chi connectivity index (χ0v) is 19.6. The third-order valence-corrected chi connectivity index (χ3v) is 10.6. The molecule has 0 aliphatic heterocycles. The average molecular weight is 401 g/mol. The monoisotopic (exact) mass is 400 g/mol. The van der Waals surface area contributed by atoms with Crippen LogP contribution in [0.25, 0.3) is 0 Å². The van der Waals surface area contributed by atoms with Crippen molar-refractivity contribution < 1.29 is 9.59 Å². The molecule has 2 heteroatoms. The molecule has 8 atom stereocenters. The Labute approximate surface area is 179 Å².